The SMILES string of the molecule is CCC1CCC2CCN(C)C(=S)C2C1. The lowest BCUT2D eigenvalue weighted by atomic mass is 9.70. The molecule has 0 radical (unpaired) electrons. The summed E-state index contributed by atoms with van der Waals surface area (Å²) in [5, 5.41) is 0. The van der Waals surface area contributed by atoms with Crippen molar-refractivity contribution in [3.63, 3.8) is 0 Å². The van der Waals surface area contributed by atoms with Crippen LogP contribution < -0.4 is 0 Å². The number of piperidine rings is 1. The smallest absolute Gasteiger partial charge is 0.0810 e. The number of likely N-dealkylation sites (tertiary alicyclic amines) is 1. The molecule has 2 rings (SSSR count). The van der Waals surface area contributed by atoms with E-state index in [1.165, 1.54) is 43.6 Å². The second-order valence-electron chi connectivity index (χ2n) is 5.00. The van der Waals surface area contributed by atoms with Gasteiger partial charge in [-0.05, 0) is 31.1 Å². The zero-order chi connectivity index (χ0) is 10.1. The third-order valence-corrected chi connectivity index (χ3v) is 4.82. The van der Waals surface area contributed by atoms with Crippen molar-refractivity contribution in [3.8, 4) is 0 Å². The minimum Gasteiger partial charge on any atom is -0.369 e. The second kappa shape index (κ2) is 4.18. The topological polar surface area (TPSA) is 3.24 Å². The highest BCUT2D eigenvalue weighted by molar-refractivity contribution is 7.80. The molecule has 2 heteroatoms. The second-order valence-corrected chi connectivity index (χ2v) is 5.42. The molecule has 14 heavy (non-hydrogen) atoms. The maximum absolute atomic E-state index is 5.55. The van der Waals surface area contributed by atoms with E-state index in [0.717, 1.165) is 17.8 Å². The normalized spacial score (nSPS) is 38.3. The number of fused-ring (bicyclic) bond motifs is 1. The lowest BCUT2D eigenvalue weighted by Crippen LogP contribution is -2.44. The van der Waals surface area contributed by atoms with Gasteiger partial charge in [-0.3, -0.25) is 0 Å². The highest BCUT2D eigenvalue weighted by atomic mass is 32.1. The molecule has 1 aliphatic carbocycles. The molecule has 1 nitrogen and oxygen atoms in total. The summed E-state index contributed by atoms with van der Waals surface area (Å²) in [6, 6.07) is 0. The summed E-state index contributed by atoms with van der Waals surface area (Å²) < 4.78 is 0. The highest BCUT2D eigenvalue weighted by Crippen LogP contribution is 2.40. The van der Waals surface area contributed by atoms with Crippen LogP contribution in [-0.2, 0) is 0 Å². The molecular weight excluding hydrogens is 190 g/mol. The molecule has 1 saturated heterocycles. The first kappa shape index (κ1) is 10.4. The van der Waals surface area contributed by atoms with Crippen molar-refractivity contribution in [2.75, 3.05) is 13.6 Å². The fourth-order valence-corrected chi connectivity index (χ4v) is 3.47. The van der Waals surface area contributed by atoms with E-state index in [4.69, 9.17) is 12.2 Å². The molecule has 0 N–H and O–H groups in total. The predicted octanol–water partition coefficient (Wildman–Crippen LogP) is 3.09. The monoisotopic (exact) mass is 211 g/mol. The Morgan fingerprint density at radius 1 is 1.36 bits per heavy atom. The lowest BCUT2D eigenvalue weighted by Gasteiger charge is -2.43. The van der Waals surface area contributed by atoms with E-state index < -0.39 is 0 Å². The molecule has 0 aromatic carbocycles. The minimum absolute atomic E-state index is 0.738. The molecule has 1 aliphatic heterocycles. The Balaban J connectivity index is 2.05. The fraction of sp³-hybridized carbons (Fsp3) is 0.917. The summed E-state index contributed by atoms with van der Waals surface area (Å²) in [6.07, 6.45) is 6.96. The molecule has 2 aliphatic rings. The lowest BCUT2D eigenvalue weighted by molar-refractivity contribution is 0.175. The van der Waals surface area contributed by atoms with Crippen LogP contribution in [0.2, 0.25) is 0 Å². The van der Waals surface area contributed by atoms with Crippen LogP contribution in [0, 0.1) is 17.8 Å². The van der Waals surface area contributed by atoms with Crippen LogP contribution in [0.15, 0.2) is 0 Å². The standard InChI is InChI=1S/C12H21NS/c1-3-9-4-5-10-6-7-13(2)12(14)11(10)8-9/h9-11H,3-8H2,1-2H3. The summed E-state index contributed by atoms with van der Waals surface area (Å²) in [5.74, 6) is 2.60. The number of rotatable bonds is 1. The maximum Gasteiger partial charge on any atom is 0.0810 e. The van der Waals surface area contributed by atoms with Gasteiger partial charge < -0.3 is 4.90 Å². The van der Waals surface area contributed by atoms with Gasteiger partial charge in [0, 0.05) is 19.5 Å². The quantitative estimate of drug-likeness (QED) is 0.613. The van der Waals surface area contributed by atoms with Crippen molar-refractivity contribution in [1.82, 2.24) is 4.90 Å². The first-order valence-electron chi connectivity index (χ1n) is 5.97. The molecule has 80 valence electrons. The van der Waals surface area contributed by atoms with E-state index in [-0.39, 0.29) is 0 Å². The molecule has 0 aromatic heterocycles. The van der Waals surface area contributed by atoms with Gasteiger partial charge in [-0.15, -0.1) is 0 Å². The largest absolute Gasteiger partial charge is 0.369 e. The van der Waals surface area contributed by atoms with E-state index in [0.29, 0.717) is 0 Å². The van der Waals surface area contributed by atoms with Gasteiger partial charge in [0.25, 0.3) is 0 Å². The van der Waals surface area contributed by atoms with Gasteiger partial charge in [0.1, 0.15) is 0 Å². The van der Waals surface area contributed by atoms with E-state index >= 15 is 0 Å². The maximum atomic E-state index is 5.55. The van der Waals surface area contributed by atoms with Crippen molar-refractivity contribution in [2.45, 2.75) is 39.0 Å². The molecule has 0 amide bonds. The summed E-state index contributed by atoms with van der Waals surface area (Å²) in [7, 11) is 2.16. The van der Waals surface area contributed by atoms with Gasteiger partial charge in [-0.1, -0.05) is 32.0 Å². The zero-order valence-electron chi connectivity index (χ0n) is 9.33. The van der Waals surface area contributed by atoms with Gasteiger partial charge in [0.2, 0.25) is 0 Å². The summed E-state index contributed by atoms with van der Waals surface area (Å²) in [6.45, 7) is 3.51. The molecule has 0 bridgehead atoms. The fourth-order valence-electron chi connectivity index (χ4n) is 3.09. The first-order chi connectivity index (χ1) is 6.72. The van der Waals surface area contributed by atoms with Crippen LogP contribution >= 0.6 is 12.2 Å². The van der Waals surface area contributed by atoms with Crippen LogP contribution in [0.4, 0.5) is 0 Å². The van der Waals surface area contributed by atoms with Crippen molar-refractivity contribution >= 4 is 17.2 Å². The molecule has 0 aromatic rings. The van der Waals surface area contributed by atoms with Gasteiger partial charge in [-0.25, -0.2) is 0 Å². The van der Waals surface area contributed by atoms with Gasteiger partial charge in [0.15, 0.2) is 0 Å². The molecule has 3 atom stereocenters. The summed E-state index contributed by atoms with van der Waals surface area (Å²) in [5.41, 5.74) is 0. The highest BCUT2D eigenvalue weighted by Gasteiger charge is 2.36. The van der Waals surface area contributed by atoms with Crippen LogP contribution in [0.5, 0.6) is 0 Å². The Hall–Kier alpha value is -0.110. The van der Waals surface area contributed by atoms with E-state index in [1.807, 2.05) is 0 Å². The molecule has 1 heterocycles. The number of nitrogens with zero attached hydrogens (tertiary/aromatic N) is 1. The molecular formula is C12H21NS. The molecule has 3 unspecified atom stereocenters. The summed E-state index contributed by atoms with van der Waals surface area (Å²) >= 11 is 5.55. The van der Waals surface area contributed by atoms with Crippen LogP contribution in [0.25, 0.3) is 0 Å². The Kier molecular flexibility index (Phi) is 3.10. The Morgan fingerprint density at radius 2 is 2.14 bits per heavy atom. The average Bonchev–Trinajstić information content (AvgIpc) is 2.23. The van der Waals surface area contributed by atoms with Crippen LogP contribution in [-0.4, -0.2) is 23.5 Å². The Bertz CT molecular complexity index is 226. The van der Waals surface area contributed by atoms with Crippen LogP contribution in [0.3, 0.4) is 0 Å². The van der Waals surface area contributed by atoms with Crippen molar-refractivity contribution in [2.24, 2.45) is 17.8 Å². The molecule has 2 fully saturated rings. The molecule has 1 saturated carbocycles. The van der Waals surface area contributed by atoms with Crippen molar-refractivity contribution in [1.29, 1.82) is 0 Å². The average molecular weight is 211 g/mol. The third kappa shape index (κ3) is 1.81. The third-order valence-electron chi connectivity index (χ3n) is 4.21. The van der Waals surface area contributed by atoms with Gasteiger partial charge in [-0.2, -0.15) is 0 Å². The minimum atomic E-state index is 0.738. The Morgan fingerprint density at radius 3 is 2.86 bits per heavy atom. The van der Waals surface area contributed by atoms with Crippen molar-refractivity contribution in [3.05, 3.63) is 0 Å². The zero-order valence-corrected chi connectivity index (χ0v) is 10.1. The van der Waals surface area contributed by atoms with E-state index in [2.05, 4.69) is 18.9 Å². The van der Waals surface area contributed by atoms with Gasteiger partial charge >= 0.3 is 0 Å². The number of hydrogen-bond acceptors (Lipinski definition) is 1. The van der Waals surface area contributed by atoms with E-state index in [9.17, 15) is 0 Å². The number of thiocarbonyl (C=S) groups is 1. The van der Waals surface area contributed by atoms with E-state index in [1.54, 1.807) is 0 Å². The first-order valence-corrected chi connectivity index (χ1v) is 6.38. The van der Waals surface area contributed by atoms with Crippen LogP contribution in [0.1, 0.15) is 39.0 Å². The Labute approximate surface area is 92.9 Å². The molecule has 0 spiro atoms. The predicted molar refractivity (Wildman–Crippen MR) is 64.5 cm³/mol. The van der Waals surface area contributed by atoms with Gasteiger partial charge in [0.05, 0.1) is 4.99 Å². The summed E-state index contributed by atoms with van der Waals surface area (Å²) in [4.78, 5) is 3.55. The van der Waals surface area contributed by atoms with Crippen molar-refractivity contribution < 1.29 is 0 Å². The number of hydrogen-bond donors (Lipinski definition) is 0.